The lowest BCUT2D eigenvalue weighted by Gasteiger charge is -2.19. The van der Waals surface area contributed by atoms with Gasteiger partial charge in [0.25, 0.3) is 0 Å². The van der Waals surface area contributed by atoms with Crippen LogP contribution in [0.3, 0.4) is 0 Å². The Morgan fingerprint density at radius 2 is 1.70 bits per heavy atom. The molecule has 30 heavy (non-hydrogen) atoms. The number of hydrogen-bond donors (Lipinski definition) is 0. The number of Topliss-reactive ketones (excluding diaryl/α,β-unsaturated/α-hetero) is 1. The summed E-state index contributed by atoms with van der Waals surface area (Å²) in [6.45, 7) is 6.71. The lowest BCUT2D eigenvalue weighted by atomic mass is 10.0. The van der Waals surface area contributed by atoms with Crippen molar-refractivity contribution in [3.8, 4) is 11.5 Å². The maximum absolute atomic E-state index is 12.2. The van der Waals surface area contributed by atoms with Crippen molar-refractivity contribution >= 4 is 11.8 Å². The van der Waals surface area contributed by atoms with Gasteiger partial charge in [-0.05, 0) is 50.8 Å². The van der Waals surface area contributed by atoms with Crippen LogP contribution in [-0.4, -0.2) is 25.0 Å². The number of benzene rings is 2. The fourth-order valence-electron chi connectivity index (χ4n) is 3.19. The van der Waals surface area contributed by atoms with Gasteiger partial charge in [-0.2, -0.15) is 0 Å². The van der Waals surface area contributed by atoms with E-state index in [9.17, 15) is 9.59 Å². The summed E-state index contributed by atoms with van der Waals surface area (Å²) in [5.41, 5.74) is 2.57. The highest BCUT2D eigenvalue weighted by molar-refractivity contribution is 5.97. The molecule has 0 aliphatic rings. The summed E-state index contributed by atoms with van der Waals surface area (Å²) >= 11 is 0. The van der Waals surface area contributed by atoms with Crippen LogP contribution in [0, 0.1) is 0 Å². The fourth-order valence-corrected chi connectivity index (χ4v) is 3.19. The van der Waals surface area contributed by atoms with Crippen molar-refractivity contribution in [1.82, 2.24) is 0 Å². The Labute approximate surface area is 179 Å². The topological polar surface area (TPSA) is 61.8 Å². The van der Waals surface area contributed by atoms with Gasteiger partial charge in [-0.3, -0.25) is 9.59 Å². The number of rotatable bonds is 13. The highest BCUT2D eigenvalue weighted by Gasteiger charge is 2.18. The number of ketones is 1. The quantitative estimate of drug-likeness (QED) is 0.246. The Balaban J connectivity index is 2.11. The van der Waals surface area contributed by atoms with Crippen LogP contribution < -0.4 is 9.47 Å². The first-order chi connectivity index (χ1) is 14.6. The van der Waals surface area contributed by atoms with E-state index in [1.54, 1.807) is 19.9 Å². The second-order valence-corrected chi connectivity index (χ2v) is 7.11. The molecule has 162 valence electrons. The fraction of sp³-hybridized carbons (Fsp3) is 0.440. The molecule has 0 fully saturated rings. The van der Waals surface area contributed by atoms with E-state index >= 15 is 0 Å². The third-order valence-corrected chi connectivity index (χ3v) is 4.66. The van der Waals surface area contributed by atoms with E-state index in [0.717, 1.165) is 29.7 Å². The molecule has 0 aliphatic carbocycles. The number of carbonyl (C=O) groups is 2. The largest absolute Gasteiger partial charge is 0.492 e. The molecule has 0 radical (unpaired) electrons. The van der Waals surface area contributed by atoms with E-state index in [1.807, 2.05) is 36.4 Å². The van der Waals surface area contributed by atoms with Crippen molar-refractivity contribution in [3.63, 3.8) is 0 Å². The van der Waals surface area contributed by atoms with Crippen molar-refractivity contribution in [1.29, 1.82) is 0 Å². The maximum atomic E-state index is 12.2. The van der Waals surface area contributed by atoms with E-state index in [1.165, 1.54) is 0 Å². The molecule has 0 atom stereocenters. The normalized spacial score (nSPS) is 10.5. The lowest BCUT2D eigenvalue weighted by molar-refractivity contribution is -0.143. The van der Waals surface area contributed by atoms with Crippen molar-refractivity contribution < 1.29 is 23.8 Å². The summed E-state index contributed by atoms with van der Waals surface area (Å²) in [7, 11) is 0. The van der Waals surface area contributed by atoms with E-state index in [2.05, 4.69) is 6.92 Å². The summed E-state index contributed by atoms with van der Waals surface area (Å²) in [5.74, 6) is 1.12. The average molecular weight is 413 g/mol. The van der Waals surface area contributed by atoms with E-state index in [4.69, 9.17) is 14.2 Å². The van der Waals surface area contributed by atoms with E-state index in [-0.39, 0.29) is 11.8 Å². The van der Waals surface area contributed by atoms with Gasteiger partial charge in [-0.15, -0.1) is 0 Å². The Hall–Kier alpha value is -2.82. The molecule has 0 N–H and O–H groups in total. The van der Waals surface area contributed by atoms with Crippen molar-refractivity contribution in [2.24, 2.45) is 0 Å². The second-order valence-electron chi connectivity index (χ2n) is 7.11. The Bertz CT molecular complexity index is 814. The summed E-state index contributed by atoms with van der Waals surface area (Å²) in [6.07, 6.45) is 3.42. The Morgan fingerprint density at radius 3 is 2.37 bits per heavy atom. The van der Waals surface area contributed by atoms with Gasteiger partial charge >= 0.3 is 5.97 Å². The zero-order chi connectivity index (χ0) is 21.8. The third kappa shape index (κ3) is 7.21. The molecule has 0 unspecified atom stereocenters. The monoisotopic (exact) mass is 412 g/mol. The highest BCUT2D eigenvalue weighted by Crippen LogP contribution is 2.35. The molecular formula is C25H32O5. The molecule has 2 rings (SSSR count). The Morgan fingerprint density at radius 1 is 0.933 bits per heavy atom. The van der Waals surface area contributed by atoms with Gasteiger partial charge in [0.1, 0.15) is 18.1 Å². The minimum atomic E-state index is -0.190. The number of ether oxygens (including phenoxy) is 3. The van der Waals surface area contributed by atoms with Crippen LogP contribution in [0.1, 0.15) is 67.9 Å². The van der Waals surface area contributed by atoms with Gasteiger partial charge in [0, 0.05) is 12.0 Å². The van der Waals surface area contributed by atoms with Crippen LogP contribution in [0.15, 0.2) is 42.5 Å². The molecule has 0 saturated heterocycles. The molecule has 2 aromatic rings. The number of esters is 1. The molecule has 2 aromatic carbocycles. The number of carbonyl (C=O) groups excluding carboxylic acids is 2. The van der Waals surface area contributed by atoms with Gasteiger partial charge in [-0.25, -0.2) is 0 Å². The highest BCUT2D eigenvalue weighted by atomic mass is 16.5. The van der Waals surface area contributed by atoms with Crippen LogP contribution in [0.2, 0.25) is 0 Å². The summed E-state index contributed by atoms with van der Waals surface area (Å²) < 4.78 is 17.1. The molecule has 0 spiro atoms. The third-order valence-electron chi connectivity index (χ3n) is 4.66. The molecular weight excluding hydrogens is 380 g/mol. The molecule has 0 heterocycles. The van der Waals surface area contributed by atoms with E-state index in [0.29, 0.717) is 50.4 Å². The predicted octanol–water partition coefficient (Wildman–Crippen LogP) is 5.53. The molecule has 0 aromatic heterocycles. The number of hydrogen-bond acceptors (Lipinski definition) is 5. The van der Waals surface area contributed by atoms with Crippen molar-refractivity contribution in [2.75, 3.05) is 13.2 Å². The standard InChI is InChI=1S/C25H32O5/c1-4-11-22-23(30-18-20-12-7-6-8-13-20)16-15-21(19(3)26)25(22)29-17-10-9-14-24(27)28-5-2/h6-8,12-13,15-16H,4-5,9-11,14,17-18H2,1-3H3. The zero-order valence-corrected chi connectivity index (χ0v) is 18.2. The molecule has 0 aliphatic heterocycles. The van der Waals surface area contributed by atoms with Gasteiger partial charge in [0.15, 0.2) is 5.78 Å². The smallest absolute Gasteiger partial charge is 0.305 e. The van der Waals surface area contributed by atoms with Crippen LogP contribution in [0.25, 0.3) is 0 Å². The summed E-state index contributed by atoms with van der Waals surface area (Å²) in [5, 5.41) is 0. The van der Waals surface area contributed by atoms with Crippen molar-refractivity contribution in [3.05, 3.63) is 59.2 Å². The van der Waals surface area contributed by atoms with Gasteiger partial charge in [0.2, 0.25) is 0 Å². The first-order valence-electron chi connectivity index (χ1n) is 10.7. The van der Waals surface area contributed by atoms with E-state index < -0.39 is 0 Å². The van der Waals surface area contributed by atoms with Crippen LogP contribution in [0.4, 0.5) is 0 Å². The molecule has 0 bridgehead atoms. The predicted molar refractivity (Wildman–Crippen MR) is 117 cm³/mol. The molecule has 5 heteroatoms. The molecule has 0 saturated carbocycles. The average Bonchev–Trinajstić information content (AvgIpc) is 2.74. The zero-order valence-electron chi connectivity index (χ0n) is 18.2. The molecule has 5 nitrogen and oxygen atoms in total. The maximum Gasteiger partial charge on any atom is 0.305 e. The van der Waals surface area contributed by atoms with Crippen LogP contribution in [-0.2, 0) is 22.6 Å². The minimum absolute atomic E-state index is 0.0384. The minimum Gasteiger partial charge on any atom is -0.492 e. The summed E-state index contributed by atoms with van der Waals surface area (Å²) in [6, 6.07) is 13.6. The van der Waals surface area contributed by atoms with Gasteiger partial charge in [-0.1, -0.05) is 43.7 Å². The van der Waals surface area contributed by atoms with Crippen LogP contribution in [0.5, 0.6) is 11.5 Å². The number of unbranched alkanes of at least 4 members (excludes halogenated alkanes) is 1. The first-order valence-corrected chi connectivity index (χ1v) is 10.7. The van der Waals surface area contributed by atoms with Crippen molar-refractivity contribution in [2.45, 2.75) is 59.5 Å². The summed E-state index contributed by atoms with van der Waals surface area (Å²) in [4.78, 5) is 23.6. The van der Waals surface area contributed by atoms with Gasteiger partial charge in [0.05, 0.1) is 18.8 Å². The lowest BCUT2D eigenvalue weighted by Crippen LogP contribution is -2.09. The second kappa shape index (κ2) is 12.7. The van der Waals surface area contributed by atoms with Gasteiger partial charge < -0.3 is 14.2 Å². The molecule has 0 amide bonds. The first kappa shape index (κ1) is 23.5. The SMILES string of the molecule is CCCc1c(OCc2ccccc2)ccc(C(C)=O)c1OCCCCC(=O)OCC. The van der Waals surface area contributed by atoms with Crippen LogP contribution >= 0.6 is 0 Å². The Kier molecular flexibility index (Phi) is 9.92.